The van der Waals surface area contributed by atoms with E-state index in [2.05, 4.69) is 6.58 Å². The van der Waals surface area contributed by atoms with E-state index in [0.29, 0.717) is 6.61 Å². The number of carbonyl (C=O) groups is 1. The summed E-state index contributed by atoms with van der Waals surface area (Å²) >= 11 is 0. The second kappa shape index (κ2) is 5.14. The highest BCUT2D eigenvalue weighted by atomic mass is 16.5. The second-order valence-corrected chi connectivity index (χ2v) is 2.61. The van der Waals surface area contributed by atoms with Gasteiger partial charge in [0.25, 0.3) is 0 Å². The van der Waals surface area contributed by atoms with Gasteiger partial charge in [0.1, 0.15) is 0 Å². The Hall–Kier alpha value is -1.57. The van der Waals surface area contributed by atoms with Crippen molar-refractivity contribution in [2.24, 2.45) is 0 Å². The Morgan fingerprint density at radius 1 is 1.38 bits per heavy atom. The summed E-state index contributed by atoms with van der Waals surface area (Å²) in [6.45, 7) is 3.72. The largest absolute Gasteiger partial charge is 0.462 e. The highest BCUT2D eigenvalue weighted by Gasteiger charge is 1.95. The van der Waals surface area contributed by atoms with Crippen molar-refractivity contribution in [3.63, 3.8) is 0 Å². The summed E-state index contributed by atoms with van der Waals surface area (Å²) < 4.78 is 4.84. The van der Waals surface area contributed by atoms with E-state index in [9.17, 15) is 4.79 Å². The molecule has 0 aliphatic carbocycles. The Morgan fingerprint density at radius 3 is 2.69 bits per heavy atom. The highest BCUT2D eigenvalue weighted by molar-refractivity contribution is 5.81. The summed E-state index contributed by atoms with van der Waals surface area (Å²) in [6, 6.07) is 9.89. The first-order chi connectivity index (χ1) is 6.33. The molecule has 0 amide bonds. The summed E-state index contributed by atoms with van der Waals surface area (Å²) in [5.74, 6) is -0.365. The molecule has 0 aliphatic rings. The first-order valence-corrected chi connectivity index (χ1v) is 4.16. The summed E-state index contributed by atoms with van der Waals surface area (Å²) in [5.41, 5.74) is 1.17. The molecule has 0 atom stereocenters. The number of hydrogen-bond donors (Lipinski definition) is 0. The van der Waals surface area contributed by atoms with Gasteiger partial charge in [-0.2, -0.15) is 0 Å². The van der Waals surface area contributed by atoms with Gasteiger partial charge in [-0.15, -0.1) is 0 Å². The summed E-state index contributed by atoms with van der Waals surface area (Å²) in [7, 11) is 0. The number of benzene rings is 1. The molecule has 0 bridgehead atoms. The number of rotatable bonds is 4. The van der Waals surface area contributed by atoms with Gasteiger partial charge >= 0.3 is 5.97 Å². The molecule has 68 valence electrons. The minimum Gasteiger partial charge on any atom is -0.462 e. The molecule has 0 unspecified atom stereocenters. The van der Waals surface area contributed by atoms with Gasteiger partial charge < -0.3 is 4.74 Å². The Bertz CT molecular complexity index is 277. The quantitative estimate of drug-likeness (QED) is 0.517. The molecule has 1 aromatic rings. The molecular weight excluding hydrogens is 164 g/mol. The first kappa shape index (κ1) is 9.52. The minimum atomic E-state index is -0.365. The smallest absolute Gasteiger partial charge is 0.330 e. The molecule has 2 nitrogen and oxygen atoms in total. The van der Waals surface area contributed by atoms with Crippen LogP contribution >= 0.6 is 0 Å². The molecule has 0 heterocycles. The van der Waals surface area contributed by atoms with Crippen molar-refractivity contribution in [1.29, 1.82) is 0 Å². The van der Waals surface area contributed by atoms with E-state index in [1.54, 1.807) is 0 Å². The minimum absolute atomic E-state index is 0.365. The fourth-order valence-electron chi connectivity index (χ4n) is 0.973. The van der Waals surface area contributed by atoms with Crippen LogP contribution in [0.1, 0.15) is 5.56 Å². The SMILES string of the molecule is C=CC(=O)OCCc1ccccc1. The van der Waals surface area contributed by atoms with Gasteiger partial charge in [0.05, 0.1) is 6.61 Å². The van der Waals surface area contributed by atoms with Crippen molar-refractivity contribution in [3.05, 3.63) is 48.6 Å². The molecule has 0 saturated heterocycles. The van der Waals surface area contributed by atoms with Crippen LogP contribution in [0.3, 0.4) is 0 Å². The molecule has 0 saturated carbocycles. The third kappa shape index (κ3) is 3.56. The molecular formula is C11H12O2. The lowest BCUT2D eigenvalue weighted by atomic mass is 10.2. The predicted octanol–water partition coefficient (Wildman–Crippen LogP) is 1.96. The molecule has 1 aromatic carbocycles. The lowest BCUT2D eigenvalue weighted by Gasteiger charge is -2.01. The zero-order valence-electron chi connectivity index (χ0n) is 7.40. The zero-order valence-corrected chi connectivity index (χ0v) is 7.40. The maximum atomic E-state index is 10.7. The maximum Gasteiger partial charge on any atom is 0.330 e. The lowest BCUT2D eigenvalue weighted by Crippen LogP contribution is -2.04. The third-order valence-electron chi connectivity index (χ3n) is 1.64. The van der Waals surface area contributed by atoms with Crippen LogP contribution in [0, 0.1) is 0 Å². The van der Waals surface area contributed by atoms with E-state index in [1.165, 1.54) is 11.6 Å². The first-order valence-electron chi connectivity index (χ1n) is 4.16. The van der Waals surface area contributed by atoms with Gasteiger partial charge in [-0.1, -0.05) is 36.9 Å². The fraction of sp³-hybridized carbons (Fsp3) is 0.182. The normalized spacial score (nSPS) is 9.23. The Balaban J connectivity index is 2.28. The molecule has 13 heavy (non-hydrogen) atoms. The molecule has 0 spiro atoms. The fourth-order valence-corrected chi connectivity index (χ4v) is 0.973. The van der Waals surface area contributed by atoms with Gasteiger partial charge in [0, 0.05) is 12.5 Å². The Morgan fingerprint density at radius 2 is 2.08 bits per heavy atom. The van der Waals surface area contributed by atoms with Crippen LogP contribution in [-0.2, 0) is 16.0 Å². The number of ether oxygens (including phenoxy) is 1. The van der Waals surface area contributed by atoms with Gasteiger partial charge in [0.2, 0.25) is 0 Å². The standard InChI is InChI=1S/C11H12O2/c1-2-11(12)13-9-8-10-6-4-3-5-7-10/h2-7H,1,8-9H2. The van der Waals surface area contributed by atoms with E-state index in [1.807, 2.05) is 30.3 Å². The Kier molecular flexibility index (Phi) is 3.76. The molecule has 0 N–H and O–H groups in total. The van der Waals surface area contributed by atoms with Crippen LogP contribution in [0.4, 0.5) is 0 Å². The predicted molar refractivity (Wildman–Crippen MR) is 51.3 cm³/mol. The zero-order chi connectivity index (χ0) is 9.52. The molecule has 0 aliphatic heterocycles. The monoisotopic (exact) mass is 176 g/mol. The van der Waals surface area contributed by atoms with Crippen molar-refractivity contribution in [2.75, 3.05) is 6.61 Å². The average Bonchev–Trinajstić information content (AvgIpc) is 2.19. The summed E-state index contributed by atoms with van der Waals surface area (Å²) in [5, 5.41) is 0. The van der Waals surface area contributed by atoms with Gasteiger partial charge in [-0.05, 0) is 5.56 Å². The van der Waals surface area contributed by atoms with E-state index in [0.717, 1.165) is 6.42 Å². The molecule has 2 heteroatoms. The topological polar surface area (TPSA) is 26.3 Å². The van der Waals surface area contributed by atoms with E-state index in [-0.39, 0.29) is 5.97 Å². The van der Waals surface area contributed by atoms with E-state index < -0.39 is 0 Å². The van der Waals surface area contributed by atoms with Crippen molar-refractivity contribution < 1.29 is 9.53 Å². The lowest BCUT2D eigenvalue weighted by molar-refractivity contribution is -0.137. The van der Waals surface area contributed by atoms with Crippen LogP contribution < -0.4 is 0 Å². The van der Waals surface area contributed by atoms with E-state index >= 15 is 0 Å². The maximum absolute atomic E-state index is 10.7. The van der Waals surface area contributed by atoms with Crippen molar-refractivity contribution in [2.45, 2.75) is 6.42 Å². The van der Waals surface area contributed by atoms with Gasteiger partial charge in [-0.25, -0.2) is 4.79 Å². The van der Waals surface area contributed by atoms with Gasteiger partial charge in [0.15, 0.2) is 0 Å². The molecule has 0 aromatic heterocycles. The van der Waals surface area contributed by atoms with Crippen LogP contribution in [0.2, 0.25) is 0 Å². The number of carbonyl (C=O) groups excluding carboxylic acids is 1. The molecule has 1 rings (SSSR count). The Labute approximate surface area is 77.8 Å². The van der Waals surface area contributed by atoms with Crippen molar-refractivity contribution in [1.82, 2.24) is 0 Å². The van der Waals surface area contributed by atoms with Crippen LogP contribution in [0.5, 0.6) is 0 Å². The van der Waals surface area contributed by atoms with Crippen molar-refractivity contribution in [3.8, 4) is 0 Å². The van der Waals surface area contributed by atoms with E-state index in [4.69, 9.17) is 4.74 Å². The van der Waals surface area contributed by atoms with Crippen molar-refractivity contribution >= 4 is 5.97 Å². The van der Waals surface area contributed by atoms with Gasteiger partial charge in [-0.3, -0.25) is 0 Å². The van der Waals surface area contributed by atoms with Crippen LogP contribution in [0.25, 0.3) is 0 Å². The van der Waals surface area contributed by atoms with Crippen LogP contribution in [0.15, 0.2) is 43.0 Å². The summed E-state index contributed by atoms with van der Waals surface area (Å²) in [4.78, 5) is 10.7. The summed E-state index contributed by atoms with van der Waals surface area (Å²) in [6.07, 6.45) is 1.92. The number of hydrogen-bond acceptors (Lipinski definition) is 2. The third-order valence-corrected chi connectivity index (χ3v) is 1.64. The van der Waals surface area contributed by atoms with Crippen LogP contribution in [-0.4, -0.2) is 12.6 Å². The molecule has 0 radical (unpaired) electrons. The highest BCUT2D eigenvalue weighted by Crippen LogP contribution is 1.99. The second-order valence-electron chi connectivity index (χ2n) is 2.61. The number of esters is 1. The average molecular weight is 176 g/mol. The molecule has 0 fully saturated rings.